The number of anilines is 2. The van der Waals surface area contributed by atoms with Gasteiger partial charge in [-0.15, -0.1) is 0 Å². The molecule has 1 aromatic heterocycles. The lowest BCUT2D eigenvalue weighted by atomic mass is 10.2. The molecule has 0 unspecified atom stereocenters. The van der Waals surface area contributed by atoms with Crippen LogP contribution in [-0.2, 0) is 11.3 Å². The van der Waals surface area contributed by atoms with Gasteiger partial charge in [0.2, 0.25) is 6.54 Å². The first-order valence-electron chi connectivity index (χ1n) is 8.56. The van der Waals surface area contributed by atoms with Crippen LogP contribution in [0.4, 0.5) is 11.4 Å². The van der Waals surface area contributed by atoms with Gasteiger partial charge < -0.3 is 28.8 Å². The first kappa shape index (κ1) is 21.6. The molecule has 3 amide bonds. The van der Waals surface area contributed by atoms with Crippen molar-refractivity contribution in [2.45, 2.75) is 6.54 Å². The lowest BCUT2D eigenvalue weighted by Gasteiger charge is -2.08. The van der Waals surface area contributed by atoms with Gasteiger partial charge in [-0.2, -0.15) is 4.57 Å². The van der Waals surface area contributed by atoms with Gasteiger partial charge in [-0.05, 0) is 36.4 Å². The van der Waals surface area contributed by atoms with Crippen LogP contribution < -0.4 is 33.3 Å². The average molecular weight is 411 g/mol. The van der Waals surface area contributed by atoms with Crippen LogP contribution in [0, 0.1) is 0 Å². The third kappa shape index (κ3) is 6.15. The van der Waals surface area contributed by atoms with E-state index in [-0.39, 0.29) is 30.8 Å². The highest BCUT2D eigenvalue weighted by Crippen LogP contribution is 2.16. The highest BCUT2D eigenvalue weighted by molar-refractivity contribution is 6.04. The zero-order valence-corrected chi connectivity index (χ0v) is 16.1. The molecule has 29 heavy (non-hydrogen) atoms. The van der Waals surface area contributed by atoms with Crippen molar-refractivity contribution in [1.82, 2.24) is 0 Å². The lowest BCUT2D eigenvalue weighted by molar-refractivity contribution is -0.684. The number of nitrogens with one attached hydrogen (secondary N) is 2. The molecule has 0 spiro atoms. The molecule has 8 heteroatoms. The standard InChI is InChI=1S/C21H18N4O3.ClH/c22-20(27)16-8-5-11-25(13-16)14-19(26)23-17-9-4-10-18(12-17)24-21(28)15-6-2-1-3-7-15;/h1-13H,14H2,(H3-,22,23,24,26,27,28);1H. The van der Waals surface area contributed by atoms with E-state index in [1.165, 1.54) is 6.20 Å². The molecule has 148 valence electrons. The lowest BCUT2D eigenvalue weighted by Crippen LogP contribution is -3.00. The summed E-state index contributed by atoms with van der Waals surface area (Å²) in [6.07, 6.45) is 3.18. The van der Waals surface area contributed by atoms with Crippen LogP contribution >= 0.6 is 0 Å². The van der Waals surface area contributed by atoms with Crippen LogP contribution in [0.15, 0.2) is 79.1 Å². The third-order valence-electron chi connectivity index (χ3n) is 3.91. The van der Waals surface area contributed by atoms with E-state index in [1.807, 2.05) is 6.07 Å². The molecule has 1 heterocycles. The number of nitrogens with two attached hydrogens (primary N) is 1. The quantitative estimate of drug-likeness (QED) is 0.452. The van der Waals surface area contributed by atoms with Crippen molar-refractivity contribution in [3.05, 3.63) is 90.3 Å². The summed E-state index contributed by atoms with van der Waals surface area (Å²) in [5, 5.41) is 5.56. The van der Waals surface area contributed by atoms with Gasteiger partial charge in [-0.25, -0.2) is 0 Å². The van der Waals surface area contributed by atoms with E-state index in [9.17, 15) is 14.4 Å². The second-order valence-electron chi connectivity index (χ2n) is 6.08. The molecule has 0 atom stereocenters. The van der Waals surface area contributed by atoms with Crippen molar-refractivity contribution in [1.29, 1.82) is 0 Å². The molecule has 0 saturated carbocycles. The number of pyridine rings is 1. The van der Waals surface area contributed by atoms with E-state index in [0.29, 0.717) is 22.5 Å². The van der Waals surface area contributed by atoms with Crippen molar-refractivity contribution in [3.8, 4) is 0 Å². The predicted molar refractivity (Wildman–Crippen MR) is 105 cm³/mol. The topological polar surface area (TPSA) is 105 Å². The fourth-order valence-corrected chi connectivity index (χ4v) is 2.60. The van der Waals surface area contributed by atoms with Crippen molar-refractivity contribution >= 4 is 29.1 Å². The summed E-state index contributed by atoms with van der Waals surface area (Å²) < 4.78 is 1.57. The molecular weight excluding hydrogens is 392 g/mol. The Kier molecular flexibility index (Phi) is 7.45. The Morgan fingerprint density at radius 1 is 0.828 bits per heavy atom. The molecule has 0 bridgehead atoms. The maximum absolute atomic E-state index is 12.3. The van der Waals surface area contributed by atoms with E-state index < -0.39 is 5.91 Å². The Hall–Kier alpha value is -3.71. The summed E-state index contributed by atoms with van der Waals surface area (Å²) in [7, 11) is 0. The Morgan fingerprint density at radius 2 is 1.48 bits per heavy atom. The van der Waals surface area contributed by atoms with Crippen LogP contribution in [0.25, 0.3) is 0 Å². The van der Waals surface area contributed by atoms with Gasteiger partial charge in [0.15, 0.2) is 12.4 Å². The van der Waals surface area contributed by atoms with Gasteiger partial charge in [-0.1, -0.05) is 24.3 Å². The van der Waals surface area contributed by atoms with E-state index in [1.54, 1.807) is 71.4 Å². The Bertz CT molecular complexity index is 1030. The fourth-order valence-electron chi connectivity index (χ4n) is 2.60. The summed E-state index contributed by atoms with van der Waals surface area (Å²) >= 11 is 0. The smallest absolute Gasteiger partial charge is 0.290 e. The highest BCUT2D eigenvalue weighted by Gasteiger charge is 2.13. The fraction of sp³-hybridized carbons (Fsp3) is 0.0476. The minimum Gasteiger partial charge on any atom is -1.00 e. The molecule has 0 radical (unpaired) electrons. The van der Waals surface area contributed by atoms with Crippen molar-refractivity contribution in [2.24, 2.45) is 5.73 Å². The number of benzene rings is 2. The monoisotopic (exact) mass is 410 g/mol. The maximum atomic E-state index is 12.3. The summed E-state index contributed by atoms with van der Waals surface area (Å²) in [5.74, 6) is -1.07. The second kappa shape index (κ2) is 10.0. The zero-order chi connectivity index (χ0) is 19.9. The van der Waals surface area contributed by atoms with E-state index in [2.05, 4.69) is 10.6 Å². The molecule has 0 saturated heterocycles. The van der Waals surface area contributed by atoms with Crippen LogP contribution in [0.2, 0.25) is 0 Å². The Labute approximate surface area is 174 Å². The number of rotatable bonds is 6. The number of nitrogens with zero attached hydrogens (tertiary/aromatic N) is 1. The van der Waals surface area contributed by atoms with Gasteiger partial charge in [0.05, 0.1) is 0 Å². The van der Waals surface area contributed by atoms with Gasteiger partial charge in [0, 0.05) is 23.0 Å². The van der Waals surface area contributed by atoms with Crippen molar-refractivity contribution in [3.63, 3.8) is 0 Å². The Balaban J connectivity index is 0.00000300. The van der Waals surface area contributed by atoms with Gasteiger partial charge >= 0.3 is 0 Å². The van der Waals surface area contributed by atoms with Crippen molar-refractivity contribution < 1.29 is 31.4 Å². The molecule has 0 aliphatic rings. The van der Waals surface area contributed by atoms with Crippen LogP contribution in [-0.4, -0.2) is 17.7 Å². The molecule has 4 N–H and O–H groups in total. The summed E-state index contributed by atoms with van der Waals surface area (Å²) in [6.45, 7) is 0.0156. The van der Waals surface area contributed by atoms with Crippen LogP contribution in [0.3, 0.4) is 0 Å². The number of halogens is 1. The summed E-state index contributed by atoms with van der Waals surface area (Å²) in [5.41, 5.74) is 7.22. The SMILES string of the molecule is NC(=O)c1ccc[n+](CC(=O)Nc2cccc(NC(=O)c3ccccc3)c2)c1.[Cl-]. The Morgan fingerprint density at radius 3 is 2.17 bits per heavy atom. The minimum atomic E-state index is -0.559. The van der Waals surface area contributed by atoms with Gasteiger partial charge in [0.1, 0.15) is 5.56 Å². The normalized spacial score (nSPS) is 9.79. The molecular formula is C21H19ClN4O3. The zero-order valence-electron chi connectivity index (χ0n) is 15.3. The number of carbonyl (C=O) groups is 3. The largest absolute Gasteiger partial charge is 1.00 e. The van der Waals surface area contributed by atoms with E-state index in [4.69, 9.17) is 5.73 Å². The molecule has 2 aromatic carbocycles. The predicted octanol–water partition coefficient (Wildman–Crippen LogP) is -1.03. The summed E-state index contributed by atoms with van der Waals surface area (Å²) in [6, 6.07) is 18.9. The van der Waals surface area contributed by atoms with Crippen molar-refractivity contribution in [2.75, 3.05) is 10.6 Å². The maximum Gasteiger partial charge on any atom is 0.290 e. The number of hydrogen-bond acceptors (Lipinski definition) is 3. The number of primary amides is 1. The van der Waals surface area contributed by atoms with Crippen LogP contribution in [0.5, 0.6) is 0 Å². The van der Waals surface area contributed by atoms with Gasteiger partial charge in [-0.3, -0.25) is 14.4 Å². The number of amides is 3. The van der Waals surface area contributed by atoms with Gasteiger partial charge in [0.25, 0.3) is 17.7 Å². The molecule has 0 aliphatic carbocycles. The van der Waals surface area contributed by atoms with E-state index >= 15 is 0 Å². The minimum absolute atomic E-state index is 0. The molecule has 3 rings (SSSR count). The van der Waals surface area contributed by atoms with E-state index in [0.717, 1.165) is 0 Å². The molecule has 0 fully saturated rings. The number of hydrogen-bond donors (Lipinski definition) is 3. The third-order valence-corrected chi connectivity index (χ3v) is 3.91. The molecule has 3 aromatic rings. The first-order valence-corrected chi connectivity index (χ1v) is 8.56. The number of aromatic nitrogens is 1. The molecule has 0 aliphatic heterocycles. The van der Waals surface area contributed by atoms with Crippen LogP contribution in [0.1, 0.15) is 20.7 Å². The average Bonchev–Trinajstić information content (AvgIpc) is 2.69. The number of carbonyl (C=O) groups excluding carboxylic acids is 3. The highest BCUT2D eigenvalue weighted by atomic mass is 35.5. The molecule has 7 nitrogen and oxygen atoms in total. The second-order valence-corrected chi connectivity index (χ2v) is 6.08. The first-order chi connectivity index (χ1) is 13.5. The summed E-state index contributed by atoms with van der Waals surface area (Å²) in [4.78, 5) is 35.8.